The van der Waals surface area contributed by atoms with Crippen LogP contribution >= 0.6 is 11.8 Å². The molecule has 1 heterocycles. The maximum absolute atomic E-state index is 3.77. The van der Waals surface area contributed by atoms with Gasteiger partial charge in [0.2, 0.25) is 0 Å². The summed E-state index contributed by atoms with van der Waals surface area (Å²) in [4.78, 5) is 2.63. The molecule has 7 aromatic carbocycles. The number of benzene rings is 7. The summed E-state index contributed by atoms with van der Waals surface area (Å²) in [5.41, 5.74) is 12.4. The third kappa shape index (κ3) is 3.67. The molecule has 0 aromatic heterocycles. The molecule has 202 valence electrons. The molecule has 1 aliphatic heterocycles. The predicted octanol–water partition coefficient (Wildman–Crippen LogP) is 11.1. The van der Waals surface area contributed by atoms with Crippen molar-refractivity contribution in [1.29, 1.82) is 0 Å². The largest absolute Gasteiger partial charge is 0.355 e. The Bertz CT molecular complexity index is 2150. The third-order valence-electron chi connectivity index (χ3n) is 9.08. The lowest BCUT2D eigenvalue weighted by molar-refractivity contribution is 0.723. The van der Waals surface area contributed by atoms with Crippen molar-refractivity contribution in [2.24, 2.45) is 0 Å². The van der Waals surface area contributed by atoms with Gasteiger partial charge in [0, 0.05) is 21.2 Å². The SMILES string of the molecule is c1ccc(-c2ccc3ccc(Nc4ccc5c(c4)C4(c6ccccc6S5)c5ccccc5-c5ccccc54)cc3c2)cc1. The highest BCUT2D eigenvalue weighted by Gasteiger charge is 2.50. The van der Waals surface area contributed by atoms with E-state index in [4.69, 9.17) is 0 Å². The maximum Gasteiger partial charge on any atom is 0.0736 e. The number of rotatable bonds is 3. The summed E-state index contributed by atoms with van der Waals surface area (Å²) in [6, 6.07) is 57.8. The second-order valence-electron chi connectivity index (χ2n) is 11.4. The Morgan fingerprint density at radius 1 is 0.395 bits per heavy atom. The number of anilines is 2. The van der Waals surface area contributed by atoms with Crippen molar-refractivity contribution in [2.75, 3.05) is 5.32 Å². The molecular formula is C41H27NS. The highest BCUT2D eigenvalue weighted by molar-refractivity contribution is 7.99. The van der Waals surface area contributed by atoms with Gasteiger partial charge in [0.05, 0.1) is 5.41 Å². The van der Waals surface area contributed by atoms with Crippen LogP contribution in [0.3, 0.4) is 0 Å². The minimum atomic E-state index is -0.365. The molecule has 0 fully saturated rings. The molecule has 1 spiro atoms. The van der Waals surface area contributed by atoms with Crippen LogP contribution in [0.15, 0.2) is 168 Å². The molecule has 1 N–H and O–H groups in total. The topological polar surface area (TPSA) is 12.0 Å². The Morgan fingerprint density at radius 2 is 1.00 bits per heavy atom. The van der Waals surface area contributed by atoms with E-state index in [2.05, 4.69) is 163 Å². The summed E-state index contributed by atoms with van der Waals surface area (Å²) in [6.45, 7) is 0. The standard InChI is InChI=1S/C41H27NS/c1-2-10-27(11-3-1)29-19-18-28-20-21-31(25-30(28)24-29)42-32-22-23-40-38(26-32)41(37-16-8-9-17-39(37)43-40)35-14-6-4-12-33(35)34-13-5-7-15-36(34)41/h1-26,42H. The van der Waals surface area contributed by atoms with Crippen molar-refractivity contribution in [3.8, 4) is 22.3 Å². The van der Waals surface area contributed by atoms with Gasteiger partial charge in [0.25, 0.3) is 0 Å². The zero-order valence-corrected chi connectivity index (χ0v) is 24.2. The van der Waals surface area contributed by atoms with Gasteiger partial charge in [-0.05, 0) is 97.7 Å². The molecule has 1 aliphatic carbocycles. The van der Waals surface area contributed by atoms with Crippen molar-refractivity contribution in [3.63, 3.8) is 0 Å². The lowest BCUT2D eigenvalue weighted by Crippen LogP contribution is -2.32. The minimum Gasteiger partial charge on any atom is -0.355 e. The van der Waals surface area contributed by atoms with E-state index in [1.54, 1.807) is 0 Å². The second-order valence-corrected chi connectivity index (χ2v) is 12.5. The van der Waals surface area contributed by atoms with E-state index in [1.807, 2.05) is 11.8 Å². The number of hydrogen-bond acceptors (Lipinski definition) is 2. The zero-order valence-electron chi connectivity index (χ0n) is 23.4. The quantitative estimate of drug-likeness (QED) is 0.229. The molecule has 0 atom stereocenters. The lowest BCUT2D eigenvalue weighted by Gasteiger charge is -2.40. The number of hydrogen-bond donors (Lipinski definition) is 1. The van der Waals surface area contributed by atoms with Crippen molar-refractivity contribution in [1.82, 2.24) is 0 Å². The van der Waals surface area contributed by atoms with Crippen LogP contribution in [-0.2, 0) is 5.41 Å². The average molecular weight is 566 g/mol. The van der Waals surface area contributed by atoms with E-state index in [0.29, 0.717) is 0 Å². The first-order valence-corrected chi connectivity index (χ1v) is 15.6. The highest BCUT2D eigenvalue weighted by atomic mass is 32.2. The predicted molar refractivity (Wildman–Crippen MR) is 181 cm³/mol. The van der Waals surface area contributed by atoms with Gasteiger partial charge in [-0.1, -0.05) is 127 Å². The smallest absolute Gasteiger partial charge is 0.0736 e. The molecule has 43 heavy (non-hydrogen) atoms. The van der Waals surface area contributed by atoms with E-state index < -0.39 is 0 Å². The summed E-state index contributed by atoms with van der Waals surface area (Å²) < 4.78 is 0. The fraction of sp³-hybridized carbons (Fsp3) is 0.0244. The van der Waals surface area contributed by atoms with E-state index in [9.17, 15) is 0 Å². The van der Waals surface area contributed by atoms with Gasteiger partial charge in [-0.15, -0.1) is 0 Å². The van der Waals surface area contributed by atoms with Gasteiger partial charge in [-0.2, -0.15) is 0 Å². The van der Waals surface area contributed by atoms with Crippen LogP contribution in [0, 0.1) is 0 Å². The van der Waals surface area contributed by atoms with Crippen LogP contribution in [0.2, 0.25) is 0 Å². The number of nitrogens with one attached hydrogen (secondary N) is 1. The highest BCUT2D eigenvalue weighted by Crippen LogP contribution is 2.62. The fourth-order valence-corrected chi connectivity index (χ4v) is 8.41. The van der Waals surface area contributed by atoms with Gasteiger partial charge < -0.3 is 5.32 Å². The van der Waals surface area contributed by atoms with Gasteiger partial charge in [-0.25, -0.2) is 0 Å². The van der Waals surface area contributed by atoms with E-state index in [-0.39, 0.29) is 5.41 Å². The van der Waals surface area contributed by atoms with Crippen LogP contribution < -0.4 is 5.32 Å². The molecule has 7 aromatic rings. The van der Waals surface area contributed by atoms with Crippen LogP contribution in [0.25, 0.3) is 33.0 Å². The summed E-state index contributed by atoms with van der Waals surface area (Å²) in [5.74, 6) is 0. The van der Waals surface area contributed by atoms with Gasteiger partial charge >= 0.3 is 0 Å². The van der Waals surface area contributed by atoms with Gasteiger partial charge in [0.15, 0.2) is 0 Å². The zero-order chi connectivity index (χ0) is 28.4. The second kappa shape index (κ2) is 9.49. The van der Waals surface area contributed by atoms with Gasteiger partial charge in [0.1, 0.15) is 0 Å². The molecule has 1 nitrogen and oxygen atoms in total. The molecule has 9 rings (SSSR count). The van der Waals surface area contributed by atoms with Crippen molar-refractivity contribution >= 4 is 33.9 Å². The van der Waals surface area contributed by atoms with Crippen molar-refractivity contribution in [2.45, 2.75) is 15.2 Å². The van der Waals surface area contributed by atoms with Crippen molar-refractivity contribution < 1.29 is 0 Å². The lowest BCUT2D eigenvalue weighted by atomic mass is 9.67. The molecule has 0 amide bonds. The molecule has 0 saturated heterocycles. The maximum atomic E-state index is 3.77. The fourth-order valence-electron chi connectivity index (χ4n) is 7.24. The van der Waals surface area contributed by atoms with E-state index >= 15 is 0 Å². The normalized spacial score (nSPS) is 13.7. The monoisotopic (exact) mass is 565 g/mol. The summed E-state index contributed by atoms with van der Waals surface area (Å²) in [6.07, 6.45) is 0. The van der Waals surface area contributed by atoms with Gasteiger partial charge in [-0.3, -0.25) is 0 Å². The first-order chi connectivity index (χ1) is 21.3. The Hall–Kier alpha value is -5.05. The molecule has 0 saturated carbocycles. The number of fused-ring (bicyclic) bond motifs is 10. The van der Waals surface area contributed by atoms with Crippen LogP contribution in [-0.4, -0.2) is 0 Å². The molecule has 0 bridgehead atoms. The summed E-state index contributed by atoms with van der Waals surface area (Å²) in [5, 5.41) is 6.24. The summed E-state index contributed by atoms with van der Waals surface area (Å²) in [7, 11) is 0. The van der Waals surface area contributed by atoms with Crippen LogP contribution in [0.1, 0.15) is 22.3 Å². The molecule has 0 radical (unpaired) electrons. The molecular weight excluding hydrogens is 539 g/mol. The average Bonchev–Trinajstić information content (AvgIpc) is 3.36. The Kier molecular flexibility index (Phi) is 5.41. The van der Waals surface area contributed by atoms with E-state index in [1.165, 1.54) is 65.1 Å². The Labute approximate surface area is 255 Å². The third-order valence-corrected chi connectivity index (χ3v) is 10.2. The van der Waals surface area contributed by atoms with Crippen LogP contribution in [0.5, 0.6) is 0 Å². The Balaban J connectivity index is 1.20. The molecule has 0 unspecified atom stereocenters. The van der Waals surface area contributed by atoms with Crippen molar-refractivity contribution in [3.05, 3.63) is 180 Å². The first kappa shape index (κ1) is 24.5. The molecule has 2 heteroatoms. The Morgan fingerprint density at radius 3 is 1.79 bits per heavy atom. The summed E-state index contributed by atoms with van der Waals surface area (Å²) >= 11 is 1.88. The minimum absolute atomic E-state index is 0.365. The van der Waals surface area contributed by atoms with Crippen LogP contribution in [0.4, 0.5) is 11.4 Å². The molecule has 2 aliphatic rings. The van der Waals surface area contributed by atoms with E-state index in [0.717, 1.165) is 11.4 Å². The first-order valence-electron chi connectivity index (χ1n) is 14.8.